The fourth-order valence-corrected chi connectivity index (χ4v) is 7.77. The van der Waals surface area contributed by atoms with E-state index in [9.17, 15) is 19.9 Å². The molecule has 0 aliphatic carbocycles. The van der Waals surface area contributed by atoms with Gasteiger partial charge in [0, 0.05) is 5.75 Å². The van der Waals surface area contributed by atoms with Crippen LogP contribution >= 0.6 is 18.5 Å². The summed E-state index contributed by atoms with van der Waals surface area (Å²) in [5.41, 5.74) is 8.08. The Morgan fingerprint density at radius 1 is 1.31 bits per heavy atom. The number of thioether (sulfide) groups is 1. The van der Waals surface area contributed by atoms with E-state index in [1.165, 1.54) is 0 Å². The third-order valence-electron chi connectivity index (χ3n) is 6.87. The van der Waals surface area contributed by atoms with Gasteiger partial charge >= 0.3 is 6.72 Å². The van der Waals surface area contributed by atoms with Crippen molar-refractivity contribution < 1.29 is 37.7 Å². The minimum atomic E-state index is -4.43. The first kappa shape index (κ1) is 29.1. The molecule has 0 amide bonds. The molecule has 2 aliphatic rings. The van der Waals surface area contributed by atoms with Gasteiger partial charge in [-0.2, -0.15) is 9.67 Å². The number of aromatic amines is 1. The maximum atomic E-state index is 16.0. The molecule has 0 bridgehead atoms. The Bertz CT molecular complexity index is 1780. The molecule has 0 spiro atoms. The van der Waals surface area contributed by atoms with E-state index in [0.717, 1.165) is 29.0 Å². The molecule has 1 unspecified atom stereocenters. The van der Waals surface area contributed by atoms with Gasteiger partial charge in [0.25, 0.3) is 11.4 Å². The number of hydrogen-bond donors (Lipinski definition) is 6. The van der Waals surface area contributed by atoms with Gasteiger partial charge in [0.05, 0.1) is 24.8 Å². The normalized spacial score (nSPS) is 31.3. The van der Waals surface area contributed by atoms with Crippen molar-refractivity contribution in [2.24, 2.45) is 0 Å². The van der Waals surface area contributed by atoms with E-state index < -0.39 is 67.2 Å². The number of halogens is 2. The van der Waals surface area contributed by atoms with Crippen molar-refractivity contribution in [2.45, 2.75) is 35.1 Å². The number of aromatic nitrogens is 9. The lowest BCUT2D eigenvalue weighted by Crippen LogP contribution is -2.47. The zero-order valence-corrected chi connectivity index (χ0v) is 23.5. The number of hydrogen-bond acceptors (Lipinski definition) is 16. The molecular weight excluding hydrogens is 627 g/mol. The lowest BCUT2D eigenvalue weighted by atomic mass is 10.1. The maximum absolute atomic E-state index is 16.0. The predicted molar refractivity (Wildman–Crippen MR) is 145 cm³/mol. The van der Waals surface area contributed by atoms with Crippen LogP contribution in [0.3, 0.4) is 0 Å². The molecule has 18 nitrogen and oxygen atoms in total. The quantitative estimate of drug-likeness (QED) is 0.116. The number of imidazole rings is 1. The minimum absolute atomic E-state index is 0.00707. The standard InChI is InChI=1S/C19H22F2N11O7PS2/c20-11-8(1-33)42-4-19(11,31-6-26-10-15(31)27-17(23)28-16(10)35)39-40(36,41)38-2-7-12(34)18(21,3-37-7)32-14-9(29-30-32)13(22)24-5-25-14/h5-8,11-12,33-34H,1-4H2,(H,36,41)(H2,22,24,25)(H3,23,27,28,35)/t7-,8-,11+,12-,18+,19+,40?/m1/s1. The number of nitrogen functional groups attached to an aromatic ring is 2. The average Bonchev–Trinajstić information content (AvgIpc) is 3.70. The molecule has 0 radical (unpaired) electrons. The van der Waals surface area contributed by atoms with E-state index in [2.05, 4.69) is 35.2 Å². The Morgan fingerprint density at radius 3 is 2.83 bits per heavy atom. The summed E-state index contributed by atoms with van der Waals surface area (Å²) in [5, 5.41) is 27.0. The largest absolute Gasteiger partial charge is 0.395 e. The molecule has 6 rings (SSSR count). The summed E-state index contributed by atoms with van der Waals surface area (Å²) < 4.78 is 50.2. The zero-order chi connectivity index (χ0) is 30.0. The fraction of sp³-hybridized carbons (Fsp3) is 0.526. The first-order valence-electron chi connectivity index (χ1n) is 12.0. The fourth-order valence-electron chi connectivity index (χ4n) is 4.77. The van der Waals surface area contributed by atoms with Crippen LogP contribution in [-0.2, 0) is 37.1 Å². The summed E-state index contributed by atoms with van der Waals surface area (Å²) in [4.78, 5) is 41.3. The molecule has 2 aliphatic heterocycles. The van der Waals surface area contributed by atoms with Crippen LogP contribution in [0.4, 0.5) is 20.5 Å². The van der Waals surface area contributed by atoms with E-state index in [0.29, 0.717) is 4.68 Å². The second kappa shape index (κ2) is 10.3. The lowest BCUT2D eigenvalue weighted by molar-refractivity contribution is -0.0728. The van der Waals surface area contributed by atoms with Crippen molar-refractivity contribution in [3.63, 3.8) is 0 Å². The zero-order valence-electron chi connectivity index (χ0n) is 21.0. The van der Waals surface area contributed by atoms with E-state index in [1.807, 2.05) is 0 Å². The second-order valence-corrected chi connectivity index (χ2v) is 13.4. The molecule has 23 heteroatoms. The van der Waals surface area contributed by atoms with Gasteiger partial charge in [0.15, 0.2) is 40.0 Å². The number of nitrogens with two attached hydrogens (primary N) is 2. The van der Waals surface area contributed by atoms with Gasteiger partial charge < -0.3 is 35.8 Å². The summed E-state index contributed by atoms with van der Waals surface area (Å²) >= 11 is 6.13. The van der Waals surface area contributed by atoms with Crippen LogP contribution in [0.15, 0.2) is 17.4 Å². The summed E-state index contributed by atoms with van der Waals surface area (Å²) in [6.07, 6.45) is -3.20. The van der Waals surface area contributed by atoms with Gasteiger partial charge in [-0.05, 0) is 11.8 Å². The Hall–Kier alpha value is -2.95. The van der Waals surface area contributed by atoms with Gasteiger partial charge in [-0.1, -0.05) is 5.21 Å². The number of aliphatic hydroxyl groups excluding tert-OH is 2. The number of H-pyrrole nitrogens is 1. The van der Waals surface area contributed by atoms with Crippen LogP contribution in [0.2, 0.25) is 0 Å². The Kier molecular flexibility index (Phi) is 7.18. The van der Waals surface area contributed by atoms with Crippen LogP contribution < -0.4 is 17.0 Å². The van der Waals surface area contributed by atoms with Crippen molar-refractivity contribution in [2.75, 3.05) is 37.0 Å². The molecule has 6 heterocycles. The molecule has 2 saturated heterocycles. The predicted octanol–water partition coefficient (Wildman–Crippen LogP) is -1.75. The van der Waals surface area contributed by atoms with Crippen molar-refractivity contribution in [3.05, 3.63) is 23.0 Å². The third-order valence-corrected chi connectivity index (χ3v) is 9.83. The first-order chi connectivity index (χ1) is 19.9. The summed E-state index contributed by atoms with van der Waals surface area (Å²) in [7, 11) is 0. The molecule has 0 aromatic carbocycles. The number of rotatable bonds is 8. The minimum Gasteiger partial charge on any atom is -0.395 e. The SMILES string of the molecule is Nc1nc2c(ncn2[C@]2(OP(O)(=S)OC[C@H]3OC[C@](F)(n4nnc5c(N)ncnc54)[C@@H]3O)CS[C@H](CO)[C@@H]2F)c(=O)[nH]1. The molecule has 0 saturated carbocycles. The van der Waals surface area contributed by atoms with E-state index in [4.69, 9.17) is 37.1 Å². The van der Waals surface area contributed by atoms with Crippen molar-refractivity contribution >= 4 is 64.4 Å². The number of ether oxygens (including phenoxy) is 1. The van der Waals surface area contributed by atoms with Crippen LogP contribution in [0.25, 0.3) is 22.3 Å². The Balaban J connectivity index is 1.25. The van der Waals surface area contributed by atoms with Crippen LogP contribution in [0.1, 0.15) is 0 Å². The molecule has 4 aromatic heterocycles. The second-order valence-electron chi connectivity index (χ2n) is 9.42. The van der Waals surface area contributed by atoms with Crippen LogP contribution in [-0.4, -0.2) is 109 Å². The average molecular weight is 650 g/mol. The van der Waals surface area contributed by atoms with Crippen LogP contribution in [0, 0.1) is 0 Å². The van der Waals surface area contributed by atoms with E-state index in [1.54, 1.807) is 0 Å². The summed E-state index contributed by atoms with van der Waals surface area (Å²) in [5.74, 6) is -3.23. The highest BCUT2D eigenvalue weighted by molar-refractivity contribution is 8.07. The molecule has 7 atom stereocenters. The third kappa shape index (κ3) is 4.53. The highest BCUT2D eigenvalue weighted by Gasteiger charge is 2.57. The van der Waals surface area contributed by atoms with Gasteiger partial charge in [-0.25, -0.2) is 23.7 Å². The number of nitrogens with one attached hydrogen (secondary N) is 1. The number of fused-ring (bicyclic) bond motifs is 2. The lowest BCUT2D eigenvalue weighted by Gasteiger charge is -2.35. The maximum Gasteiger partial charge on any atom is 0.326 e. The molecule has 8 N–H and O–H groups in total. The van der Waals surface area contributed by atoms with E-state index in [-0.39, 0.29) is 39.8 Å². The summed E-state index contributed by atoms with van der Waals surface area (Å²) in [6, 6.07) is 0. The van der Waals surface area contributed by atoms with Crippen LogP contribution in [0.5, 0.6) is 0 Å². The number of alkyl halides is 2. The van der Waals surface area contributed by atoms with Gasteiger partial charge in [0.2, 0.25) is 5.95 Å². The number of nitrogens with zero attached hydrogens (tertiary/aromatic N) is 8. The Labute approximate surface area is 241 Å². The highest BCUT2D eigenvalue weighted by Crippen LogP contribution is 2.56. The van der Waals surface area contributed by atoms with Gasteiger partial charge in [-0.15, -0.1) is 16.9 Å². The smallest absolute Gasteiger partial charge is 0.326 e. The van der Waals surface area contributed by atoms with Crippen molar-refractivity contribution in [1.82, 2.24) is 44.5 Å². The van der Waals surface area contributed by atoms with Crippen molar-refractivity contribution in [1.29, 1.82) is 0 Å². The monoisotopic (exact) mass is 649 g/mol. The van der Waals surface area contributed by atoms with Crippen molar-refractivity contribution in [3.8, 4) is 0 Å². The molecule has 226 valence electrons. The molecule has 2 fully saturated rings. The summed E-state index contributed by atoms with van der Waals surface area (Å²) in [6.45, 7) is -6.43. The van der Waals surface area contributed by atoms with Gasteiger partial charge in [0.1, 0.15) is 25.1 Å². The van der Waals surface area contributed by atoms with Gasteiger partial charge in [-0.3, -0.25) is 18.9 Å². The number of aliphatic hydroxyl groups is 2. The molecule has 42 heavy (non-hydrogen) atoms. The number of anilines is 2. The van der Waals surface area contributed by atoms with E-state index >= 15 is 8.78 Å². The topological polar surface area (TPSA) is 260 Å². The molecule has 4 aromatic rings. The molecular formula is C19H22F2N11O7PS2. The Morgan fingerprint density at radius 2 is 2.10 bits per heavy atom. The highest BCUT2D eigenvalue weighted by atomic mass is 32.5. The first-order valence-corrected chi connectivity index (χ1v) is 15.6.